The monoisotopic (exact) mass is 260 g/mol. The van der Waals surface area contributed by atoms with E-state index in [1.165, 1.54) is 12.8 Å². The molecule has 1 fully saturated rings. The second-order valence-electron chi connectivity index (χ2n) is 5.17. The van der Waals surface area contributed by atoms with E-state index in [4.69, 9.17) is 4.74 Å². The molecule has 0 radical (unpaired) electrons. The summed E-state index contributed by atoms with van der Waals surface area (Å²) in [5.41, 5.74) is 2.02. The van der Waals surface area contributed by atoms with Crippen molar-refractivity contribution in [2.75, 3.05) is 12.4 Å². The Bertz CT molecular complexity index is 566. The van der Waals surface area contributed by atoms with Crippen molar-refractivity contribution in [1.82, 2.24) is 14.8 Å². The molecule has 0 amide bonds. The van der Waals surface area contributed by atoms with Gasteiger partial charge in [0.1, 0.15) is 0 Å². The molecule has 19 heavy (non-hydrogen) atoms. The zero-order chi connectivity index (χ0) is 13.2. The topological polar surface area (TPSA) is 52.0 Å². The highest BCUT2D eigenvalue weighted by Crippen LogP contribution is 2.27. The van der Waals surface area contributed by atoms with E-state index >= 15 is 0 Å². The van der Waals surface area contributed by atoms with Gasteiger partial charge in [-0.05, 0) is 18.9 Å². The van der Waals surface area contributed by atoms with Crippen LogP contribution in [0.3, 0.4) is 0 Å². The van der Waals surface area contributed by atoms with Gasteiger partial charge in [-0.3, -0.25) is 4.68 Å². The largest absolute Gasteiger partial charge is 0.379 e. The van der Waals surface area contributed by atoms with Gasteiger partial charge in [-0.2, -0.15) is 5.10 Å². The summed E-state index contributed by atoms with van der Waals surface area (Å²) in [7, 11) is 3.72. The first-order valence-corrected chi connectivity index (χ1v) is 6.85. The molecule has 0 aliphatic heterocycles. The summed E-state index contributed by atoms with van der Waals surface area (Å²) in [6.07, 6.45) is 8.81. The Morgan fingerprint density at radius 1 is 1.37 bits per heavy atom. The predicted molar refractivity (Wildman–Crippen MR) is 75.2 cm³/mol. The molecule has 2 heterocycles. The molecule has 2 aromatic rings. The summed E-state index contributed by atoms with van der Waals surface area (Å²) in [6.45, 7) is 0. The molecule has 0 unspecified atom stereocenters. The molecule has 0 spiro atoms. The molecule has 3 rings (SSSR count). The number of fused-ring (bicyclic) bond motifs is 1. The lowest BCUT2D eigenvalue weighted by Gasteiger charge is -2.31. The van der Waals surface area contributed by atoms with Gasteiger partial charge in [0.2, 0.25) is 0 Å². The van der Waals surface area contributed by atoms with Crippen molar-refractivity contribution >= 4 is 16.7 Å². The number of rotatable bonds is 3. The number of aryl methyl sites for hydroxylation is 1. The molecule has 0 aromatic carbocycles. The maximum atomic E-state index is 5.59. The van der Waals surface area contributed by atoms with E-state index in [0.717, 1.165) is 29.6 Å². The fourth-order valence-corrected chi connectivity index (χ4v) is 2.92. The smallest absolute Gasteiger partial charge is 0.159 e. The average molecular weight is 260 g/mol. The Labute approximate surface area is 113 Å². The molecule has 0 bridgehead atoms. The first-order chi connectivity index (χ1) is 9.29. The van der Waals surface area contributed by atoms with Crippen LogP contribution >= 0.6 is 0 Å². The quantitative estimate of drug-likeness (QED) is 0.920. The van der Waals surface area contributed by atoms with Gasteiger partial charge in [0.15, 0.2) is 5.65 Å². The van der Waals surface area contributed by atoms with Crippen LogP contribution < -0.4 is 5.32 Å². The molecule has 5 nitrogen and oxygen atoms in total. The number of nitrogens with zero attached hydrogens (tertiary/aromatic N) is 3. The lowest BCUT2D eigenvalue weighted by atomic mass is 9.92. The summed E-state index contributed by atoms with van der Waals surface area (Å²) >= 11 is 0. The van der Waals surface area contributed by atoms with E-state index in [1.54, 1.807) is 11.8 Å². The molecule has 2 atom stereocenters. The molecule has 2 aromatic heterocycles. The number of nitrogens with one attached hydrogen (secondary N) is 1. The van der Waals surface area contributed by atoms with Gasteiger partial charge in [-0.1, -0.05) is 12.8 Å². The Morgan fingerprint density at radius 2 is 2.21 bits per heavy atom. The summed E-state index contributed by atoms with van der Waals surface area (Å²) < 4.78 is 7.40. The van der Waals surface area contributed by atoms with Crippen LogP contribution in [0.4, 0.5) is 5.69 Å². The van der Waals surface area contributed by atoms with Crippen LogP contribution in [0.2, 0.25) is 0 Å². The lowest BCUT2D eigenvalue weighted by Crippen LogP contribution is -2.37. The van der Waals surface area contributed by atoms with Crippen LogP contribution in [-0.4, -0.2) is 34.0 Å². The fraction of sp³-hybridized carbons (Fsp3) is 0.571. The first-order valence-electron chi connectivity index (χ1n) is 6.85. The fourth-order valence-electron chi connectivity index (χ4n) is 2.92. The zero-order valence-corrected chi connectivity index (χ0v) is 11.5. The maximum Gasteiger partial charge on any atom is 0.159 e. The number of aromatic nitrogens is 3. The summed E-state index contributed by atoms with van der Waals surface area (Å²) in [6, 6.07) is 2.40. The maximum absolute atomic E-state index is 5.59. The molecule has 1 saturated carbocycles. The highest BCUT2D eigenvalue weighted by Gasteiger charge is 2.25. The second kappa shape index (κ2) is 5.17. The van der Waals surface area contributed by atoms with Gasteiger partial charge in [0, 0.05) is 26.0 Å². The SMILES string of the molecule is CO[C@H]1CCCC[C@@H]1Nc1ccnc2c1cnn2C. The predicted octanol–water partition coefficient (Wildman–Crippen LogP) is 2.34. The van der Waals surface area contributed by atoms with Crippen LogP contribution in [0.15, 0.2) is 18.5 Å². The van der Waals surface area contributed by atoms with E-state index < -0.39 is 0 Å². The number of ether oxygens (including phenoxy) is 1. The minimum atomic E-state index is 0.300. The van der Waals surface area contributed by atoms with E-state index in [1.807, 2.05) is 25.5 Å². The normalized spacial score (nSPS) is 23.7. The molecule has 1 aliphatic rings. The van der Waals surface area contributed by atoms with E-state index in [-0.39, 0.29) is 0 Å². The Hall–Kier alpha value is -1.62. The summed E-state index contributed by atoms with van der Waals surface area (Å²) in [4.78, 5) is 4.36. The van der Waals surface area contributed by atoms with Gasteiger partial charge in [0.25, 0.3) is 0 Å². The highest BCUT2D eigenvalue weighted by molar-refractivity contribution is 5.88. The van der Waals surface area contributed by atoms with E-state index in [9.17, 15) is 0 Å². The number of hydrogen-bond acceptors (Lipinski definition) is 4. The molecule has 5 heteroatoms. The lowest BCUT2D eigenvalue weighted by molar-refractivity contribution is 0.0606. The van der Waals surface area contributed by atoms with Crippen molar-refractivity contribution in [2.24, 2.45) is 7.05 Å². The van der Waals surface area contributed by atoms with Crippen molar-refractivity contribution in [3.63, 3.8) is 0 Å². The van der Waals surface area contributed by atoms with Crippen LogP contribution in [0.25, 0.3) is 11.0 Å². The summed E-state index contributed by atoms with van der Waals surface area (Å²) in [5.74, 6) is 0. The summed E-state index contributed by atoms with van der Waals surface area (Å²) in [5, 5.41) is 8.97. The molecule has 1 aliphatic carbocycles. The third kappa shape index (κ3) is 2.30. The van der Waals surface area contributed by atoms with Gasteiger partial charge in [-0.25, -0.2) is 4.98 Å². The van der Waals surface area contributed by atoms with Crippen LogP contribution in [0.1, 0.15) is 25.7 Å². The third-order valence-electron chi connectivity index (χ3n) is 3.98. The molecular weight excluding hydrogens is 240 g/mol. The molecule has 102 valence electrons. The Balaban J connectivity index is 1.88. The van der Waals surface area contributed by atoms with Crippen molar-refractivity contribution in [3.05, 3.63) is 18.5 Å². The van der Waals surface area contributed by atoms with Crippen molar-refractivity contribution in [1.29, 1.82) is 0 Å². The second-order valence-corrected chi connectivity index (χ2v) is 5.17. The minimum absolute atomic E-state index is 0.300. The number of methoxy groups -OCH3 is 1. The third-order valence-corrected chi connectivity index (χ3v) is 3.98. The van der Waals surface area contributed by atoms with Crippen LogP contribution in [-0.2, 0) is 11.8 Å². The van der Waals surface area contributed by atoms with Crippen molar-refractivity contribution in [3.8, 4) is 0 Å². The van der Waals surface area contributed by atoms with Crippen molar-refractivity contribution in [2.45, 2.75) is 37.8 Å². The zero-order valence-electron chi connectivity index (χ0n) is 11.5. The Kier molecular flexibility index (Phi) is 3.38. The van der Waals surface area contributed by atoms with Gasteiger partial charge < -0.3 is 10.1 Å². The van der Waals surface area contributed by atoms with Crippen LogP contribution in [0.5, 0.6) is 0 Å². The number of pyridine rings is 1. The molecule has 0 saturated heterocycles. The highest BCUT2D eigenvalue weighted by atomic mass is 16.5. The van der Waals surface area contributed by atoms with Gasteiger partial charge in [0.05, 0.1) is 23.7 Å². The van der Waals surface area contributed by atoms with Gasteiger partial charge in [-0.15, -0.1) is 0 Å². The molecule has 1 N–H and O–H groups in total. The van der Waals surface area contributed by atoms with Crippen molar-refractivity contribution < 1.29 is 4.74 Å². The number of hydrogen-bond donors (Lipinski definition) is 1. The number of anilines is 1. The first kappa shape index (κ1) is 12.4. The van der Waals surface area contributed by atoms with Gasteiger partial charge >= 0.3 is 0 Å². The average Bonchev–Trinajstić information content (AvgIpc) is 2.82. The minimum Gasteiger partial charge on any atom is -0.379 e. The van der Waals surface area contributed by atoms with E-state index in [2.05, 4.69) is 15.4 Å². The Morgan fingerprint density at radius 3 is 3.05 bits per heavy atom. The van der Waals surface area contributed by atoms with E-state index in [0.29, 0.717) is 12.1 Å². The molecular formula is C14H20N4O. The standard InChI is InChI=1S/C14H20N4O/c1-18-14-10(9-16-18)11(7-8-15-14)17-12-5-3-4-6-13(12)19-2/h7-9,12-13H,3-6H2,1-2H3,(H,15,17)/t12-,13-/m0/s1. The van der Waals surface area contributed by atoms with Crippen LogP contribution in [0, 0.1) is 0 Å².